The molecule has 0 bridgehead atoms. The second-order valence-electron chi connectivity index (χ2n) is 3.78. The van der Waals surface area contributed by atoms with Crippen LogP contribution in [0, 0.1) is 0 Å². The van der Waals surface area contributed by atoms with E-state index < -0.39 is 5.60 Å². The first kappa shape index (κ1) is 10.9. The second-order valence-corrected chi connectivity index (χ2v) is 4.58. The Kier molecular flexibility index (Phi) is 3.00. The molecule has 0 radical (unpaired) electrons. The van der Waals surface area contributed by atoms with Crippen molar-refractivity contribution in [2.24, 2.45) is 0 Å². The minimum absolute atomic E-state index is 0.160. The number of ether oxygens (including phenoxy) is 1. The van der Waals surface area contributed by atoms with E-state index in [4.69, 9.17) is 4.74 Å². The lowest BCUT2D eigenvalue weighted by molar-refractivity contribution is -0.0684. The lowest BCUT2D eigenvalue weighted by atomic mass is 9.86. The third kappa shape index (κ3) is 2.02. The molecule has 1 aromatic rings. The van der Waals surface area contributed by atoms with Gasteiger partial charge in [0.2, 0.25) is 0 Å². The van der Waals surface area contributed by atoms with E-state index in [1.165, 1.54) is 0 Å². The quantitative estimate of drug-likeness (QED) is 0.824. The van der Waals surface area contributed by atoms with Crippen LogP contribution >= 0.6 is 15.9 Å². The maximum atomic E-state index is 10.4. The Bertz CT molecular complexity index is 359. The van der Waals surface area contributed by atoms with Crippen molar-refractivity contribution in [3.8, 4) is 5.75 Å². The molecule has 3 nitrogen and oxygen atoms in total. The summed E-state index contributed by atoms with van der Waals surface area (Å²) in [7, 11) is 0. The van der Waals surface area contributed by atoms with Crippen molar-refractivity contribution in [3.05, 3.63) is 28.2 Å². The van der Waals surface area contributed by atoms with E-state index in [1.54, 1.807) is 12.1 Å². The Morgan fingerprint density at radius 2 is 1.93 bits per heavy atom. The van der Waals surface area contributed by atoms with Crippen molar-refractivity contribution < 1.29 is 14.9 Å². The molecule has 2 rings (SSSR count). The molecule has 0 aliphatic carbocycles. The molecule has 1 aliphatic rings. The molecule has 1 heterocycles. The third-order valence-electron chi connectivity index (χ3n) is 2.80. The number of rotatable bonds is 1. The fraction of sp³-hybridized carbons (Fsp3) is 0.455. The summed E-state index contributed by atoms with van der Waals surface area (Å²) in [6.07, 6.45) is 1.13. The van der Waals surface area contributed by atoms with Gasteiger partial charge < -0.3 is 14.9 Å². The normalized spacial score (nSPS) is 20.1. The molecule has 0 aromatic heterocycles. The number of aromatic hydroxyl groups is 1. The zero-order chi connectivity index (χ0) is 10.9. The molecule has 0 amide bonds. The zero-order valence-electron chi connectivity index (χ0n) is 8.24. The molecule has 82 valence electrons. The van der Waals surface area contributed by atoms with E-state index in [0.29, 0.717) is 30.5 Å². The van der Waals surface area contributed by atoms with Gasteiger partial charge in [0.15, 0.2) is 0 Å². The van der Waals surface area contributed by atoms with Gasteiger partial charge in [0.25, 0.3) is 0 Å². The molecule has 1 saturated heterocycles. The lowest BCUT2D eigenvalue weighted by Gasteiger charge is -2.33. The van der Waals surface area contributed by atoms with Crippen molar-refractivity contribution in [2.45, 2.75) is 18.4 Å². The van der Waals surface area contributed by atoms with Gasteiger partial charge in [-0.15, -0.1) is 0 Å². The van der Waals surface area contributed by atoms with Crippen LogP contribution in [0.3, 0.4) is 0 Å². The van der Waals surface area contributed by atoms with E-state index in [2.05, 4.69) is 15.9 Å². The molecule has 0 saturated carbocycles. The van der Waals surface area contributed by atoms with Crippen LogP contribution in [-0.4, -0.2) is 23.4 Å². The first-order chi connectivity index (χ1) is 7.13. The molecule has 1 fully saturated rings. The number of hydrogen-bond donors (Lipinski definition) is 2. The highest BCUT2D eigenvalue weighted by atomic mass is 79.9. The van der Waals surface area contributed by atoms with Crippen molar-refractivity contribution in [3.63, 3.8) is 0 Å². The topological polar surface area (TPSA) is 49.7 Å². The molecular weight excluding hydrogens is 260 g/mol. The Hall–Kier alpha value is -0.580. The fourth-order valence-corrected chi connectivity index (χ4v) is 2.49. The van der Waals surface area contributed by atoms with Gasteiger partial charge >= 0.3 is 0 Å². The van der Waals surface area contributed by atoms with Crippen LogP contribution in [0.25, 0.3) is 0 Å². The van der Waals surface area contributed by atoms with Crippen LogP contribution in [0.1, 0.15) is 18.4 Å². The van der Waals surface area contributed by atoms with Gasteiger partial charge in [-0.25, -0.2) is 0 Å². The first-order valence-corrected chi connectivity index (χ1v) is 5.71. The minimum atomic E-state index is -0.879. The summed E-state index contributed by atoms with van der Waals surface area (Å²) in [4.78, 5) is 0. The molecule has 0 atom stereocenters. The van der Waals surface area contributed by atoms with Crippen LogP contribution < -0.4 is 0 Å². The van der Waals surface area contributed by atoms with Crippen molar-refractivity contribution >= 4 is 15.9 Å². The van der Waals surface area contributed by atoms with Crippen molar-refractivity contribution in [1.82, 2.24) is 0 Å². The van der Waals surface area contributed by atoms with Crippen LogP contribution in [-0.2, 0) is 10.3 Å². The number of aliphatic hydroxyl groups is 1. The number of benzene rings is 1. The van der Waals surface area contributed by atoms with E-state index >= 15 is 0 Å². The highest BCUT2D eigenvalue weighted by Gasteiger charge is 2.33. The largest absolute Gasteiger partial charge is 0.507 e. The van der Waals surface area contributed by atoms with Gasteiger partial charge in [-0.2, -0.15) is 0 Å². The summed E-state index contributed by atoms with van der Waals surface area (Å²) >= 11 is 3.30. The highest BCUT2D eigenvalue weighted by molar-refractivity contribution is 9.10. The number of halogens is 1. The molecule has 1 aliphatic heterocycles. The zero-order valence-corrected chi connectivity index (χ0v) is 9.83. The van der Waals surface area contributed by atoms with Gasteiger partial charge in [-0.3, -0.25) is 0 Å². The summed E-state index contributed by atoms with van der Waals surface area (Å²) in [6, 6.07) is 5.16. The SMILES string of the molecule is Oc1cccc(C2(O)CCOCC2)c1Br. The van der Waals surface area contributed by atoms with Gasteiger partial charge in [-0.1, -0.05) is 12.1 Å². The second kappa shape index (κ2) is 4.12. The summed E-state index contributed by atoms with van der Waals surface area (Å²) in [5.74, 6) is 0.160. The number of phenols is 1. The molecular formula is C11H13BrO3. The third-order valence-corrected chi connectivity index (χ3v) is 3.63. The average molecular weight is 273 g/mol. The molecule has 1 aromatic carbocycles. The van der Waals surface area contributed by atoms with Gasteiger partial charge in [0.05, 0.1) is 10.1 Å². The summed E-state index contributed by atoms with van der Waals surface area (Å²) in [5.41, 5.74) is -0.138. The van der Waals surface area contributed by atoms with Crippen LogP contribution in [0.5, 0.6) is 5.75 Å². The van der Waals surface area contributed by atoms with Gasteiger partial charge in [0.1, 0.15) is 5.75 Å². The van der Waals surface area contributed by atoms with E-state index in [9.17, 15) is 10.2 Å². The maximum absolute atomic E-state index is 10.4. The predicted molar refractivity (Wildman–Crippen MR) is 59.8 cm³/mol. The minimum Gasteiger partial charge on any atom is -0.507 e. The number of phenolic OH excluding ortho intramolecular Hbond substituents is 1. The smallest absolute Gasteiger partial charge is 0.130 e. The average Bonchev–Trinajstić information content (AvgIpc) is 2.23. The van der Waals surface area contributed by atoms with E-state index in [-0.39, 0.29) is 5.75 Å². The van der Waals surface area contributed by atoms with Gasteiger partial charge in [-0.05, 0) is 22.0 Å². The number of hydrogen-bond acceptors (Lipinski definition) is 3. The van der Waals surface area contributed by atoms with E-state index in [0.717, 1.165) is 5.56 Å². The Balaban J connectivity index is 2.39. The molecule has 2 N–H and O–H groups in total. The van der Waals surface area contributed by atoms with Crippen LogP contribution in [0.15, 0.2) is 22.7 Å². The maximum Gasteiger partial charge on any atom is 0.130 e. The molecule has 0 unspecified atom stereocenters. The van der Waals surface area contributed by atoms with Crippen molar-refractivity contribution in [1.29, 1.82) is 0 Å². The molecule has 0 spiro atoms. The Morgan fingerprint density at radius 1 is 1.27 bits per heavy atom. The summed E-state index contributed by atoms with van der Waals surface area (Å²) in [6.45, 7) is 1.11. The van der Waals surface area contributed by atoms with Crippen LogP contribution in [0.4, 0.5) is 0 Å². The molecule has 4 heteroatoms. The monoisotopic (exact) mass is 272 g/mol. The predicted octanol–water partition coefficient (Wildman–Crippen LogP) is 2.15. The summed E-state index contributed by atoms with van der Waals surface area (Å²) in [5, 5.41) is 20.0. The Labute approximate surface area is 96.8 Å². The Morgan fingerprint density at radius 3 is 2.60 bits per heavy atom. The lowest BCUT2D eigenvalue weighted by Crippen LogP contribution is -2.33. The summed E-state index contributed by atoms with van der Waals surface area (Å²) < 4.78 is 5.80. The first-order valence-electron chi connectivity index (χ1n) is 4.91. The fourth-order valence-electron chi connectivity index (χ4n) is 1.86. The standard InChI is InChI=1S/C11H13BrO3/c12-10-8(2-1-3-9(10)13)11(14)4-6-15-7-5-11/h1-3,13-14H,4-7H2. The highest BCUT2D eigenvalue weighted by Crippen LogP contribution is 2.39. The molecule has 15 heavy (non-hydrogen) atoms. The van der Waals surface area contributed by atoms with Crippen molar-refractivity contribution in [2.75, 3.05) is 13.2 Å². The van der Waals surface area contributed by atoms with E-state index in [1.807, 2.05) is 6.07 Å². The van der Waals surface area contributed by atoms with Crippen LogP contribution in [0.2, 0.25) is 0 Å². The van der Waals surface area contributed by atoms with Gasteiger partial charge in [0, 0.05) is 31.6 Å².